The van der Waals surface area contributed by atoms with Crippen molar-refractivity contribution in [3.05, 3.63) is 72.2 Å². The molecule has 1 aliphatic rings. The van der Waals surface area contributed by atoms with Crippen LogP contribution < -0.4 is 5.32 Å². The molecule has 8 nitrogen and oxygen atoms in total. The largest absolute Gasteiger partial charge is 0.417 e. The van der Waals surface area contributed by atoms with Gasteiger partial charge in [-0.1, -0.05) is 12.1 Å². The number of aromatic nitrogens is 3. The molecule has 37 heavy (non-hydrogen) atoms. The number of aliphatic hydroxyl groups excluding tert-OH is 1. The van der Waals surface area contributed by atoms with Gasteiger partial charge in [-0.25, -0.2) is 18.4 Å². The Morgan fingerprint density at radius 3 is 2.54 bits per heavy atom. The summed E-state index contributed by atoms with van der Waals surface area (Å²) in [5, 5.41) is 14.5. The highest BCUT2D eigenvalue weighted by atomic mass is 32.2. The first-order chi connectivity index (χ1) is 17.5. The van der Waals surface area contributed by atoms with E-state index in [0.29, 0.717) is 6.20 Å². The quantitative estimate of drug-likeness (QED) is 0.356. The standard InChI is InChI=1S/C25H24F3N5O3S/c1-15-20(12-17-8-10-29-24(17)31-15)16-2-5-19(6-3-16)37(35,36)33-11-9-21(22(34)14-33)32-23-7-4-18(13-30-23)25(26,27)28/h2-8,10,12-13,21-22,34H,9,11,14H2,1H3,(H,29,31)(H,30,32)/t21-,22+/m1/s1. The molecular formula is C25H24F3N5O3S. The summed E-state index contributed by atoms with van der Waals surface area (Å²) >= 11 is 0. The van der Waals surface area contributed by atoms with Crippen LogP contribution in [0.1, 0.15) is 17.7 Å². The summed E-state index contributed by atoms with van der Waals surface area (Å²) in [7, 11) is -3.86. The van der Waals surface area contributed by atoms with Crippen molar-refractivity contribution in [2.45, 2.75) is 36.6 Å². The molecule has 4 aromatic rings. The number of aliphatic hydroxyl groups is 1. The number of halogens is 3. The van der Waals surface area contributed by atoms with Crippen LogP contribution in [0.3, 0.4) is 0 Å². The van der Waals surface area contributed by atoms with Crippen molar-refractivity contribution in [1.29, 1.82) is 0 Å². The van der Waals surface area contributed by atoms with Crippen LogP contribution in [0.2, 0.25) is 0 Å². The fourth-order valence-electron chi connectivity index (χ4n) is 4.45. The van der Waals surface area contributed by atoms with Crippen molar-refractivity contribution in [2.75, 3.05) is 18.4 Å². The Kier molecular flexibility index (Phi) is 6.42. The molecule has 0 amide bonds. The molecule has 0 aliphatic carbocycles. The fraction of sp³-hybridized carbons (Fsp3) is 0.280. The number of alkyl halides is 3. The molecule has 0 radical (unpaired) electrons. The number of rotatable bonds is 5. The molecule has 1 aliphatic heterocycles. The molecule has 2 atom stereocenters. The number of fused-ring (bicyclic) bond motifs is 1. The molecule has 3 N–H and O–H groups in total. The topological polar surface area (TPSA) is 111 Å². The van der Waals surface area contributed by atoms with Crippen LogP contribution in [0.15, 0.2) is 65.8 Å². The molecule has 4 heterocycles. The van der Waals surface area contributed by atoms with Gasteiger partial charge >= 0.3 is 6.18 Å². The minimum atomic E-state index is -4.49. The summed E-state index contributed by atoms with van der Waals surface area (Å²) in [6.07, 6.45) is -2.79. The SMILES string of the molecule is Cc1nc2[nH]ccc2cc1-c1ccc(S(=O)(=O)N2CC[C@@H](Nc3ccc(C(F)(F)F)cn3)[C@@H](O)C2)cc1. The van der Waals surface area contributed by atoms with E-state index in [2.05, 4.69) is 20.3 Å². The zero-order chi connectivity index (χ0) is 26.4. The van der Waals surface area contributed by atoms with Gasteiger partial charge in [-0.05, 0) is 55.3 Å². The number of sulfonamides is 1. The summed E-state index contributed by atoms with van der Waals surface area (Å²) in [6.45, 7) is 1.86. The maximum Gasteiger partial charge on any atom is 0.417 e. The van der Waals surface area contributed by atoms with Crippen molar-refractivity contribution < 1.29 is 26.7 Å². The molecular weight excluding hydrogens is 507 g/mol. The third kappa shape index (κ3) is 5.04. The van der Waals surface area contributed by atoms with Crippen LogP contribution in [0, 0.1) is 6.92 Å². The van der Waals surface area contributed by atoms with Crippen molar-refractivity contribution in [3.8, 4) is 11.1 Å². The van der Waals surface area contributed by atoms with Crippen molar-refractivity contribution in [1.82, 2.24) is 19.3 Å². The number of anilines is 1. The predicted molar refractivity (Wildman–Crippen MR) is 132 cm³/mol. The van der Waals surface area contributed by atoms with E-state index in [1.54, 1.807) is 12.1 Å². The first-order valence-corrected chi connectivity index (χ1v) is 13.0. The van der Waals surface area contributed by atoms with Crippen LogP contribution >= 0.6 is 0 Å². The van der Waals surface area contributed by atoms with Crippen LogP contribution in [0.5, 0.6) is 0 Å². The molecule has 1 aromatic carbocycles. The van der Waals surface area contributed by atoms with Gasteiger partial charge in [0.2, 0.25) is 10.0 Å². The van der Waals surface area contributed by atoms with Crippen molar-refractivity contribution >= 4 is 26.9 Å². The number of aryl methyl sites for hydroxylation is 1. The molecule has 12 heteroatoms. The normalized spacial score (nSPS) is 19.3. The third-order valence-electron chi connectivity index (χ3n) is 6.50. The monoisotopic (exact) mass is 531 g/mol. The second kappa shape index (κ2) is 9.43. The predicted octanol–water partition coefficient (Wildman–Crippen LogP) is 4.19. The first-order valence-electron chi connectivity index (χ1n) is 11.6. The zero-order valence-electron chi connectivity index (χ0n) is 19.7. The molecule has 3 aromatic heterocycles. The summed E-state index contributed by atoms with van der Waals surface area (Å²) in [6, 6.07) is 12.0. The maximum absolute atomic E-state index is 13.2. The fourth-order valence-corrected chi connectivity index (χ4v) is 5.92. The van der Waals surface area contributed by atoms with Gasteiger partial charge in [0.15, 0.2) is 0 Å². The molecule has 1 fully saturated rings. The second-order valence-electron chi connectivity index (χ2n) is 8.96. The van der Waals surface area contributed by atoms with E-state index in [1.807, 2.05) is 25.3 Å². The molecule has 0 saturated carbocycles. The van der Waals surface area contributed by atoms with Crippen LogP contribution in [0.25, 0.3) is 22.2 Å². The van der Waals surface area contributed by atoms with Gasteiger partial charge in [-0.15, -0.1) is 0 Å². The number of nitrogens with one attached hydrogen (secondary N) is 2. The number of nitrogens with zero attached hydrogens (tertiary/aromatic N) is 3. The van der Waals surface area contributed by atoms with Gasteiger partial charge in [-0.2, -0.15) is 17.5 Å². The summed E-state index contributed by atoms with van der Waals surface area (Å²) < 4.78 is 65.9. The molecule has 0 spiro atoms. The summed E-state index contributed by atoms with van der Waals surface area (Å²) in [5.74, 6) is 0.173. The lowest BCUT2D eigenvalue weighted by molar-refractivity contribution is -0.137. The molecule has 1 saturated heterocycles. The highest BCUT2D eigenvalue weighted by Gasteiger charge is 2.35. The summed E-state index contributed by atoms with van der Waals surface area (Å²) in [5.41, 5.74) is 2.45. The minimum Gasteiger partial charge on any atom is -0.390 e. The van der Waals surface area contributed by atoms with E-state index in [0.717, 1.165) is 33.9 Å². The van der Waals surface area contributed by atoms with Gasteiger partial charge < -0.3 is 15.4 Å². The van der Waals surface area contributed by atoms with Crippen LogP contribution in [-0.4, -0.2) is 58.0 Å². The van der Waals surface area contributed by atoms with Gasteiger partial charge in [0, 0.05) is 42.1 Å². The first kappa shape index (κ1) is 25.2. The Morgan fingerprint density at radius 2 is 1.89 bits per heavy atom. The van der Waals surface area contributed by atoms with E-state index >= 15 is 0 Å². The van der Waals surface area contributed by atoms with Crippen LogP contribution in [-0.2, 0) is 16.2 Å². The number of benzene rings is 1. The van der Waals surface area contributed by atoms with Crippen LogP contribution in [0.4, 0.5) is 19.0 Å². The average molecular weight is 532 g/mol. The Morgan fingerprint density at radius 1 is 1.14 bits per heavy atom. The Bertz CT molecular complexity index is 1520. The molecule has 194 valence electrons. The van der Waals surface area contributed by atoms with E-state index in [4.69, 9.17) is 0 Å². The Hall–Kier alpha value is -3.48. The lowest BCUT2D eigenvalue weighted by Crippen LogP contribution is -2.51. The van der Waals surface area contributed by atoms with E-state index in [-0.39, 0.29) is 30.2 Å². The zero-order valence-corrected chi connectivity index (χ0v) is 20.5. The van der Waals surface area contributed by atoms with E-state index in [1.165, 1.54) is 22.5 Å². The highest BCUT2D eigenvalue weighted by molar-refractivity contribution is 7.89. The summed E-state index contributed by atoms with van der Waals surface area (Å²) in [4.78, 5) is 11.5. The van der Waals surface area contributed by atoms with E-state index < -0.39 is 33.9 Å². The van der Waals surface area contributed by atoms with Gasteiger partial charge in [-0.3, -0.25) is 0 Å². The van der Waals surface area contributed by atoms with Crippen molar-refractivity contribution in [2.24, 2.45) is 0 Å². The Balaban J connectivity index is 1.27. The molecule has 0 unspecified atom stereocenters. The highest BCUT2D eigenvalue weighted by Crippen LogP contribution is 2.30. The number of hydrogen-bond donors (Lipinski definition) is 3. The molecule has 5 rings (SSSR count). The maximum atomic E-state index is 13.2. The van der Waals surface area contributed by atoms with Gasteiger partial charge in [0.25, 0.3) is 0 Å². The lowest BCUT2D eigenvalue weighted by Gasteiger charge is -2.35. The van der Waals surface area contributed by atoms with E-state index in [9.17, 15) is 26.7 Å². The number of β-amino-alcohol motifs (C(OH)–C–C–N with tert-alkyl or cyclic N) is 1. The second-order valence-corrected chi connectivity index (χ2v) is 10.9. The average Bonchev–Trinajstić information content (AvgIpc) is 3.32. The smallest absolute Gasteiger partial charge is 0.390 e. The Labute approximate surface area is 211 Å². The van der Waals surface area contributed by atoms with Gasteiger partial charge in [0.05, 0.1) is 22.6 Å². The number of aromatic amines is 1. The van der Waals surface area contributed by atoms with Gasteiger partial charge in [0.1, 0.15) is 11.5 Å². The number of H-pyrrole nitrogens is 1. The lowest BCUT2D eigenvalue weighted by atomic mass is 10.0. The third-order valence-corrected chi connectivity index (χ3v) is 8.38. The molecule has 0 bridgehead atoms. The number of hydrogen-bond acceptors (Lipinski definition) is 6. The number of pyridine rings is 2. The minimum absolute atomic E-state index is 0.104. The van der Waals surface area contributed by atoms with Crippen molar-refractivity contribution in [3.63, 3.8) is 0 Å². The number of piperidine rings is 1.